The van der Waals surface area contributed by atoms with Gasteiger partial charge in [0.05, 0.1) is 18.3 Å². The van der Waals surface area contributed by atoms with Gasteiger partial charge in [0.15, 0.2) is 0 Å². The molecule has 0 unspecified atom stereocenters. The summed E-state index contributed by atoms with van der Waals surface area (Å²) in [4.78, 5) is 43.2. The molecule has 0 aromatic heterocycles. The lowest BCUT2D eigenvalue weighted by molar-refractivity contribution is -0.150. The van der Waals surface area contributed by atoms with Crippen molar-refractivity contribution in [2.75, 3.05) is 6.61 Å². The average molecular weight is 531 g/mol. The summed E-state index contributed by atoms with van der Waals surface area (Å²) in [6.45, 7) is 18.2. The molecule has 0 spiro atoms. The topological polar surface area (TPSA) is 127 Å². The molecule has 0 bridgehead atoms. The van der Waals surface area contributed by atoms with Crippen molar-refractivity contribution in [3.63, 3.8) is 0 Å². The zero-order valence-corrected chi connectivity index (χ0v) is 23.0. The number of carbonyl (C=O) groups is 4. The van der Waals surface area contributed by atoms with Crippen LogP contribution in [0.4, 0.5) is 0 Å². The molecule has 0 heterocycles. The molecule has 0 amide bonds. The van der Waals surface area contributed by atoms with Gasteiger partial charge in [-0.3, -0.25) is 19.2 Å². The number of aliphatic carboxylic acids is 2. The quantitative estimate of drug-likeness (QED) is 0.163. The summed E-state index contributed by atoms with van der Waals surface area (Å²) >= 11 is 0. The number of hydrogen-bond donors (Lipinski definition) is 2. The van der Waals surface area contributed by atoms with Gasteiger partial charge >= 0.3 is 23.9 Å². The second kappa shape index (κ2) is 21.2. The number of carboxylic acid groups (broad SMARTS) is 2. The lowest BCUT2D eigenvalue weighted by atomic mass is 9.87. The minimum Gasteiger partial charge on any atom is -0.481 e. The minimum absolute atomic E-state index is 0.000260. The Balaban J connectivity index is 0. The molecular weight excluding hydrogens is 488 g/mol. The Hall–Kier alpha value is -3.94. The highest BCUT2D eigenvalue weighted by Gasteiger charge is 2.26. The van der Waals surface area contributed by atoms with E-state index in [-0.39, 0.29) is 26.1 Å². The fourth-order valence-electron chi connectivity index (χ4n) is 2.62. The number of carbonyl (C=O) groups excluding carboxylic acids is 2. The van der Waals surface area contributed by atoms with Crippen LogP contribution in [-0.2, 0) is 35.3 Å². The van der Waals surface area contributed by atoms with Crippen molar-refractivity contribution in [2.24, 2.45) is 5.41 Å². The van der Waals surface area contributed by atoms with E-state index in [9.17, 15) is 19.2 Å². The molecule has 38 heavy (non-hydrogen) atoms. The van der Waals surface area contributed by atoms with Gasteiger partial charge in [-0.1, -0.05) is 74.2 Å². The van der Waals surface area contributed by atoms with Gasteiger partial charge in [-0.15, -0.1) is 6.58 Å². The first kappa shape index (κ1) is 36.2. The standard InChI is InChI=1S/C18H20O4.C8H14O2.C4H8O2/c1-3-8-15(4-2)13-21-17(19)11-12-18(20)22-14-16-9-6-5-7-10-16;1-6(2)5-8(3,4)7(9)10;1-2-3-4(5)6/h3-10H,1-2,11-14H2;1,5H2,2-4H3,(H,9,10);2-3H2,1H3,(H,5,6)/b15-8+;;. The van der Waals surface area contributed by atoms with Crippen molar-refractivity contribution in [3.8, 4) is 0 Å². The van der Waals surface area contributed by atoms with Gasteiger partial charge < -0.3 is 19.7 Å². The Morgan fingerprint density at radius 2 is 1.50 bits per heavy atom. The number of ether oxygens (including phenoxy) is 2. The number of allylic oxidation sites excluding steroid dienone is 3. The maximum absolute atomic E-state index is 11.5. The van der Waals surface area contributed by atoms with Gasteiger partial charge in [0.25, 0.3) is 0 Å². The van der Waals surface area contributed by atoms with E-state index in [2.05, 4.69) is 19.7 Å². The first-order valence-corrected chi connectivity index (χ1v) is 12.2. The van der Waals surface area contributed by atoms with E-state index in [4.69, 9.17) is 19.7 Å². The molecule has 0 fully saturated rings. The molecule has 8 nitrogen and oxygen atoms in total. The zero-order valence-electron chi connectivity index (χ0n) is 23.0. The highest BCUT2D eigenvalue weighted by atomic mass is 16.5. The van der Waals surface area contributed by atoms with Crippen LogP contribution in [-0.4, -0.2) is 40.7 Å². The highest BCUT2D eigenvalue weighted by molar-refractivity contribution is 5.77. The molecule has 1 aromatic rings. The van der Waals surface area contributed by atoms with Crippen LogP contribution in [0.1, 0.15) is 65.4 Å². The number of benzene rings is 1. The van der Waals surface area contributed by atoms with E-state index < -0.39 is 29.3 Å². The summed E-state index contributed by atoms with van der Waals surface area (Å²) in [6.07, 6.45) is 6.44. The SMILES string of the molecule is C=C(C)CC(C)(C)C(=O)O.C=C/C=C(\C=C)COC(=O)CCC(=O)OCc1ccccc1.CCCC(=O)O. The largest absolute Gasteiger partial charge is 0.481 e. The molecule has 0 aliphatic carbocycles. The summed E-state index contributed by atoms with van der Waals surface area (Å²) in [5.41, 5.74) is 1.90. The Kier molecular flexibility index (Phi) is 20.2. The molecule has 0 radical (unpaired) electrons. The fourth-order valence-corrected chi connectivity index (χ4v) is 2.62. The predicted molar refractivity (Wildman–Crippen MR) is 148 cm³/mol. The van der Waals surface area contributed by atoms with Crippen LogP contribution >= 0.6 is 0 Å². The van der Waals surface area contributed by atoms with Crippen LogP contribution < -0.4 is 0 Å². The lowest BCUT2D eigenvalue weighted by Gasteiger charge is -2.18. The molecule has 0 saturated heterocycles. The van der Waals surface area contributed by atoms with Crippen LogP contribution in [0.3, 0.4) is 0 Å². The van der Waals surface area contributed by atoms with Gasteiger partial charge in [0.2, 0.25) is 0 Å². The first-order valence-electron chi connectivity index (χ1n) is 12.2. The second-order valence-electron chi connectivity index (χ2n) is 8.96. The average Bonchev–Trinajstić information content (AvgIpc) is 2.84. The third-order valence-electron chi connectivity index (χ3n) is 4.56. The molecule has 0 aliphatic heterocycles. The van der Waals surface area contributed by atoms with E-state index in [0.717, 1.165) is 23.1 Å². The minimum atomic E-state index is -0.768. The molecule has 2 N–H and O–H groups in total. The molecule has 210 valence electrons. The maximum Gasteiger partial charge on any atom is 0.309 e. The summed E-state index contributed by atoms with van der Waals surface area (Å²) in [7, 11) is 0. The zero-order chi connectivity index (χ0) is 29.6. The van der Waals surface area contributed by atoms with Gasteiger partial charge in [0.1, 0.15) is 13.2 Å². The third kappa shape index (κ3) is 21.4. The molecule has 0 atom stereocenters. The third-order valence-corrected chi connectivity index (χ3v) is 4.56. The van der Waals surface area contributed by atoms with Crippen molar-refractivity contribution in [1.82, 2.24) is 0 Å². The summed E-state index contributed by atoms with van der Waals surface area (Å²) in [5.74, 6) is -2.35. The van der Waals surface area contributed by atoms with Gasteiger partial charge in [-0.25, -0.2) is 0 Å². The van der Waals surface area contributed by atoms with Crippen molar-refractivity contribution in [3.05, 3.63) is 85.0 Å². The van der Waals surface area contributed by atoms with E-state index in [1.165, 1.54) is 0 Å². The molecule has 1 aromatic carbocycles. The molecular formula is C30H42O8. The van der Waals surface area contributed by atoms with Gasteiger partial charge in [0, 0.05) is 6.42 Å². The smallest absolute Gasteiger partial charge is 0.309 e. The maximum atomic E-state index is 11.5. The van der Waals surface area contributed by atoms with Crippen molar-refractivity contribution >= 4 is 23.9 Å². The van der Waals surface area contributed by atoms with E-state index >= 15 is 0 Å². The van der Waals surface area contributed by atoms with Gasteiger partial charge in [-0.05, 0) is 44.7 Å². The molecule has 1 rings (SSSR count). The van der Waals surface area contributed by atoms with Crippen LogP contribution in [0.15, 0.2) is 79.4 Å². The molecule has 0 saturated carbocycles. The number of rotatable bonds is 14. The van der Waals surface area contributed by atoms with Crippen LogP contribution in [0, 0.1) is 5.41 Å². The Labute approximate surface area is 226 Å². The van der Waals surface area contributed by atoms with Crippen molar-refractivity contribution < 1.29 is 38.9 Å². The van der Waals surface area contributed by atoms with E-state index in [1.54, 1.807) is 32.1 Å². The highest BCUT2D eigenvalue weighted by Crippen LogP contribution is 2.23. The summed E-state index contributed by atoms with van der Waals surface area (Å²) in [6, 6.07) is 9.36. The fraction of sp³-hybridized carbons (Fsp3) is 0.400. The summed E-state index contributed by atoms with van der Waals surface area (Å²) in [5, 5.41) is 16.6. The van der Waals surface area contributed by atoms with Crippen LogP contribution in [0.5, 0.6) is 0 Å². The van der Waals surface area contributed by atoms with Crippen molar-refractivity contribution in [2.45, 2.75) is 66.4 Å². The Bertz CT molecular complexity index is 942. The normalized spacial score (nSPS) is 10.4. The van der Waals surface area contributed by atoms with E-state index in [0.29, 0.717) is 12.8 Å². The lowest BCUT2D eigenvalue weighted by Crippen LogP contribution is -2.23. The molecule has 0 aliphatic rings. The molecule has 8 heteroatoms. The number of esters is 2. The van der Waals surface area contributed by atoms with Crippen molar-refractivity contribution in [1.29, 1.82) is 0 Å². The number of carboxylic acids is 2. The monoisotopic (exact) mass is 530 g/mol. The van der Waals surface area contributed by atoms with Gasteiger partial charge in [-0.2, -0.15) is 0 Å². The Morgan fingerprint density at radius 3 is 1.87 bits per heavy atom. The van der Waals surface area contributed by atoms with E-state index in [1.807, 2.05) is 44.2 Å². The summed E-state index contributed by atoms with van der Waals surface area (Å²) < 4.78 is 10.1. The second-order valence-corrected chi connectivity index (χ2v) is 8.96. The number of hydrogen-bond acceptors (Lipinski definition) is 6. The Morgan fingerprint density at radius 1 is 0.947 bits per heavy atom. The van der Waals surface area contributed by atoms with Crippen LogP contribution in [0.2, 0.25) is 0 Å². The predicted octanol–water partition coefficient (Wildman–Crippen LogP) is 6.29. The first-order chi connectivity index (χ1) is 17.8. The van der Waals surface area contributed by atoms with Crippen LogP contribution in [0.25, 0.3) is 0 Å².